The van der Waals surface area contributed by atoms with E-state index < -0.39 is 0 Å². The lowest BCUT2D eigenvalue weighted by atomic mass is 9.96. The van der Waals surface area contributed by atoms with Crippen molar-refractivity contribution in [1.82, 2.24) is 0 Å². The Hall–Kier alpha value is -0.820. The van der Waals surface area contributed by atoms with Crippen molar-refractivity contribution in [1.29, 1.82) is 0 Å². The lowest BCUT2D eigenvalue weighted by Crippen LogP contribution is -2.31. The van der Waals surface area contributed by atoms with Gasteiger partial charge >= 0.3 is 0 Å². The van der Waals surface area contributed by atoms with Gasteiger partial charge in [-0.05, 0) is 34.1 Å². The summed E-state index contributed by atoms with van der Waals surface area (Å²) in [6.45, 7) is 12.1. The average Bonchev–Trinajstić information content (AvgIpc) is 1.97. The normalized spacial score (nSPS) is 13.8. The first-order valence-electron chi connectivity index (χ1n) is 4.63. The molecule has 0 amide bonds. The van der Waals surface area contributed by atoms with Gasteiger partial charge in [0.05, 0.1) is 0 Å². The first kappa shape index (κ1) is 12.2. The zero-order valence-corrected chi connectivity index (χ0v) is 9.22. The van der Waals surface area contributed by atoms with Crippen molar-refractivity contribution in [2.24, 2.45) is 5.73 Å². The van der Waals surface area contributed by atoms with Gasteiger partial charge in [-0.1, -0.05) is 36.0 Å². The van der Waals surface area contributed by atoms with Gasteiger partial charge in [0.1, 0.15) is 0 Å². The molecule has 0 heterocycles. The molecule has 0 aromatic heterocycles. The molecule has 1 heteroatoms. The average molecular weight is 179 g/mol. The second-order valence-corrected chi connectivity index (χ2v) is 4.19. The molecule has 0 spiro atoms. The number of allylic oxidation sites excluding steroid dienone is 4. The smallest absolute Gasteiger partial charge is 0.0137 e. The number of rotatable bonds is 4. The van der Waals surface area contributed by atoms with Crippen LogP contribution >= 0.6 is 0 Å². The summed E-state index contributed by atoms with van der Waals surface area (Å²) in [5, 5.41) is 0. The molecule has 0 aromatic rings. The zero-order chi connectivity index (χ0) is 10.5. The topological polar surface area (TPSA) is 26.0 Å². The minimum atomic E-state index is -0.161. The highest BCUT2D eigenvalue weighted by Gasteiger charge is 2.10. The zero-order valence-electron chi connectivity index (χ0n) is 9.22. The van der Waals surface area contributed by atoms with Gasteiger partial charge in [-0.3, -0.25) is 0 Å². The molecule has 0 aromatic carbocycles. The third-order valence-electron chi connectivity index (χ3n) is 1.72. The van der Waals surface area contributed by atoms with Crippen LogP contribution in [0.4, 0.5) is 0 Å². The van der Waals surface area contributed by atoms with Crippen LogP contribution in [0.1, 0.15) is 34.1 Å². The third kappa shape index (κ3) is 7.54. The van der Waals surface area contributed by atoms with Crippen molar-refractivity contribution in [2.45, 2.75) is 39.7 Å². The van der Waals surface area contributed by atoms with E-state index in [0.717, 1.165) is 12.0 Å². The minimum Gasteiger partial charge on any atom is -0.325 e. The number of hydrogen-bond donors (Lipinski definition) is 1. The summed E-state index contributed by atoms with van der Waals surface area (Å²) in [6.07, 6.45) is 7.00. The molecule has 0 aliphatic rings. The monoisotopic (exact) mass is 179 g/mol. The van der Waals surface area contributed by atoms with Gasteiger partial charge in [-0.2, -0.15) is 0 Å². The Morgan fingerprint density at radius 1 is 1.38 bits per heavy atom. The van der Waals surface area contributed by atoms with Gasteiger partial charge in [0, 0.05) is 5.54 Å². The molecule has 0 bridgehead atoms. The maximum Gasteiger partial charge on any atom is 0.0137 e. The highest BCUT2D eigenvalue weighted by molar-refractivity contribution is 5.25. The Balaban J connectivity index is 4.10. The van der Waals surface area contributed by atoms with Crippen molar-refractivity contribution >= 4 is 0 Å². The quantitative estimate of drug-likeness (QED) is 0.659. The first-order valence-corrected chi connectivity index (χ1v) is 4.63. The fraction of sp³-hybridized carbons (Fsp3) is 0.500. The van der Waals surface area contributed by atoms with Crippen molar-refractivity contribution in [3.63, 3.8) is 0 Å². The van der Waals surface area contributed by atoms with Crippen molar-refractivity contribution < 1.29 is 0 Å². The van der Waals surface area contributed by atoms with Crippen LogP contribution < -0.4 is 5.73 Å². The summed E-state index contributed by atoms with van der Waals surface area (Å²) >= 11 is 0. The molecule has 0 radical (unpaired) electrons. The van der Waals surface area contributed by atoms with E-state index in [9.17, 15) is 0 Å². The maximum atomic E-state index is 5.87. The predicted octanol–water partition coefficient (Wildman–Crippen LogP) is 3.19. The van der Waals surface area contributed by atoms with Gasteiger partial charge in [0.15, 0.2) is 0 Å². The third-order valence-corrected chi connectivity index (χ3v) is 1.72. The van der Waals surface area contributed by atoms with Crippen molar-refractivity contribution in [3.8, 4) is 0 Å². The summed E-state index contributed by atoms with van der Waals surface area (Å²) < 4.78 is 0. The van der Waals surface area contributed by atoms with Crippen LogP contribution in [0.5, 0.6) is 0 Å². The standard InChI is InChI=1S/C12H21N/c1-6-10(2)7-8-11(3)9-12(4,5)13/h6-8H,3,9,13H2,1-2,4-5H3/b8-7-,10-6-. The lowest BCUT2D eigenvalue weighted by molar-refractivity contribution is 0.519. The van der Waals surface area contributed by atoms with Crippen LogP contribution in [-0.2, 0) is 0 Å². The fourth-order valence-corrected chi connectivity index (χ4v) is 0.990. The van der Waals surface area contributed by atoms with E-state index in [-0.39, 0.29) is 5.54 Å². The van der Waals surface area contributed by atoms with Crippen LogP contribution in [0.25, 0.3) is 0 Å². The molecule has 13 heavy (non-hydrogen) atoms. The van der Waals surface area contributed by atoms with E-state index >= 15 is 0 Å². The molecule has 0 aliphatic carbocycles. The minimum absolute atomic E-state index is 0.161. The molecule has 0 atom stereocenters. The Morgan fingerprint density at radius 3 is 2.31 bits per heavy atom. The Morgan fingerprint density at radius 2 is 1.92 bits per heavy atom. The fourth-order valence-electron chi connectivity index (χ4n) is 0.990. The molecule has 0 fully saturated rings. The molecule has 0 unspecified atom stereocenters. The van der Waals surface area contributed by atoms with E-state index in [1.54, 1.807) is 0 Å². The molecule has 0 rings (SSSR count). The largest absolute Gasteiger partial charge is 0.325 e. The summed E-state index contributed by atoms with van der Waals surface area (Å²) in [5.41, 5.74) is 8.03. The molecule has 0 aliphatic heterocycles. The number of nitrogens with two attached hydrogens (primary N) is 1. The predicted molar refractivity (Wildman–Crippen MR) is 60.6 cm³/mol. The molecule has 0 saturated heterocycles. The SMILES string of the molecule is C=C(/C=C\C(C)=C/C)CC(C)(C)N. The highest BCUT2D eigenvalue weighted by Crippen LogP contribution is 2.12. The van der Waals surface area contributed by atoms with Crippen LogP contribution in [0.2, 0.25) is 0 Å². The second-order valence-electron chi connectivity index (χ2n) is 4.19. The summed E-state index contributed by atoms with van der Waals surface area (Å²) in [4.78, 5) is 0. The first-order chi connectivity index (χ1) is 5.85. The van der Waals surface area contributed by atoms with Gasteiger partial charge in [-0.25, -0.2) is 0 Å². The van der Waals surface area contributed by atoms with E-state index in [2.05, 4.69) is 25.7 Å². The summed E-state index contributed by atoms with van der Waals surface area (Å²) in [6, 6.07) is 0. The van der Waals surface area contributed by atoms with Gasteiger partial charge in [0.2, 0.25) is 0 Å². The van der Waals surface area contributed by atoms with Crippen molar-refractivity contribution in [3.05, 3.63) is 36.0 Å². The summed E-state index contributed by atoms with van der Waals surface area (Å²) in [7, 11) is 0. The highest BCUT2D eigenvalue weighted by atomic mass is 14.7. The van der Waals surface area contributed by atoms with Crippen LogP contribution in [0.3, 0.4) is 0 Å². The van der Waals surface area contributed by atoms with Crippen molar-refractivity contribution in [2.75, 3.05) is 0 Å². The second kappa shape index (κ2) is 5.03. The lowest BCUT2D eigenvalue weighted by Gasteiger charge is -2.18. The summed E-state index contributed by atoms with van der Waals surface area (Å²) in [5.74, 6) is 0. The Kier molecular flexibility index (Phi) is 4.71. The Labute approximate surface area is 82.0 Å². The molecular weight excluding hydrogens is 158 g/mol. The van der Waals surface area contributed by atoms with Crippen LogP contribution in [0, 0.1) is 0 Å². The van der Waals surface area contributed by atoms with Gasteiger partial charge in [-0.15, -0.1) is 0 Å². The van der Waals surface area contributed by atoms with Gasteiger partial charge < -0.3 is 5.73 Å². The Bertz CT molecular complexity index is 226. The van der Waals surface area contributed by atoms with Crippen LogP contribution in [0.15, 0.2) is 36.0 Å². The van der Waals surface area contributed by atoms with E-state index in [1.807, 2.05) is 26.8 Å². The molecular formula is C12H21N. The van der Waals surface area contributed by atoms with Crippen LogP contribution in [-0.4, -0.2) is 5.54 Å². The molecule has 74 valence electrons. The van der Waals surface area contributed by atoms with E-state index in [4.69, 9.17) is 5.73 Å². The number of hydrogen-bond acceptors (Lipinski definition) is 1. The van der Waals surface area contributed by atoms with E-state index in [0.29, 0.717) is 0 Å². The molecule has 2 N–H and O–H groups in total. The maximum absolute atomic E-state index is 5.87. The molecule has 1 nitrogen and oxygen atoms in total. The molecule has 0 saturated carbocycles. The van der Waals surface area contributed by atoms with Gasteiger partial charge in [0.25, 0.3) is 0 Å². The van der Waals surface area contributed by atoms with E-state index in [1.165, 1.54) is 5.57 Å².